The van der Waals surface area contributed by atoms with Gasteiger partial charge in [-0.1, -0.05) is 15.9 Å². The molecule has 0 aliphatic heterocycles. The number of carbonyl (C=O) groups is 1. The van der Waals surface area contributed by atoms with E-state index in [1.54, 1.807) is 13.2 Å². The molecule has 1 N–H and O–H groups in total. The Balaban J connectivity index is 2.73. The van der Waals surface area contributed by atoms with Crippen molar-refractivity contribution in [3.05, 3.63) is 34.3 Å². The first-order valence-corrected chi connectivity index (χ1v) is 6.25. The highest BCUT2D eigenvalue weighted by Gasteiger charge is 2.02. The summed E-state index contributed by atoms with van der Waals surface area (Å²) >= 11 is 3.34. The Hall–Kier alpha value is -1.33. The highest BCUT2D eigenvalue weighted by Crippen LogP contribution is 2.24. The van der Waals surface area contributed by atoms with Crippen molar-refractivity contribution in [3.63, 3.8) is 0 Å². The highest BCUT2D eigenvalue weighted by molar-refractivity contribution is 9.10. The van der Waals surface area contributed by atoms with E-state index in [4.69, 9.17) is 14.6 Å². The molecule has 0 fully saturated rings. The summed E-state index contributed by atoms with van der Waals surface area (Å²) in [5.41, 5.74) is 0.726. The van der Waals surface area contributed by atoms with Crippen LogP contribution in [-0.4, -0.2) is 31.4 Å². The summed E-state index contributed by atoms with van der Waals surface area (Å²) in [5, 5.41) is 8.63. The predicted octanol–water partition coefficient (Wildman–Crippen LogP) is 2.96. The predicted molar refractivity (Wildman–Crippen MR) is 72.8 cm³/mol. The lowest BCUT2D eigenvalue weighted by Crippen LogP contribution is -2.02. The first-order chi connectivity index (χ1) is 8.63. The topological polar surface area (TPSA) is 55.8 Å². The maximum atomic E-state index is 10.5. The molecule has 0 unspecified atom stereocenters. The van der Waals surface area contributed by atoms with E-state index in [2.05, 4.69) is 15.9 Å². The van der Waals surface area contributed by atoms with E-state index in [0.717, 1.165) is 22.5 Å². The van der Waals surface area contributed by atoms with Gasteiger partial charge in [0.05, 0.1) is 6.61 Å². The van der Waals surface area contributed by atoms with Crippen LogP contribution in [0.5, 0.6) is 5.75 Å². The van der Waals surface area contributed by atoms with Crippen LogP contribution in [0, 0.1) is 0 Å². The molecule has 0 heterocycles. The molecule has 0 saturated carbocycles. The summed E-state index contributed by atoms with van der Waals surface area (Å²) < 4.78 is 11.4. The Morgan fingerprint density at radius 2 is 2.22 bits per heavy atom. The number of hydrogen-bond acceptors (Lipinski definition) is 3. The lowest BCUT2D eigenvalue weighted by Gasteiger charge is -2.09. The number of ether oxygens (including phenoxy) is 2. The third kappa shape index (κ3) is 5.33. The summed E-state index contributed by atoms with van der Waals surface area (Å²) in [4.78, 5) is 10.5. The van der Waals surface area contributed by atoms with Gasteiger partial charge in [-0.15, -0.1) is 0 Å². The van der Waals surface area contributed by atoms with Crippen molar-refractivity contribution in [3.8, 4) is 5.75 Å². The van der Waals surface area contributed by atoms with Crippen LogP contribution in [-0.2, 0) is 9.53 Å². The number of aliphatic carboxylic acids is 1. The third-order valence-electron chi connectivity index (χ3n) is 2.13. The zero-order valence-corrected chi connectivity index (χ0v) is 11.6. The number of benzene rings is 1. The second-order valence-electron chi connectivity index (χ2n) is 3.55. The van der Waals surface area contributed by atoms with Crippen LogP contribution in [0.25, 0.3) is 6.08 Å². The molecule has 5 heteroatoms. The summed E-state index contributed by atoms with van der Waals surface area (Å²) in [5.74, 6) is -0.327. The van der Waals surface area contributed by atoms with Crippen LogP contribution in [0.15, 0.2) is 28.7 Å². The van der Waals surface area contributed by atoms with Crippen LogP contribution < -0.4 is 4.74 Å². The van der Waals surface area contributed by atoms with E-state index in [-0.39, 0.29) is 0 Å². The zero-order valence-electron chi connectivity index (χ0n) is 10.1. The number of methoxy groups -OCH3 is 1. The zero-order chi connectivity index (χ0) is 13.4. The van der Waals surface area contributed by atoms with Gasteiger partial charge in [-0.05, 0) is 24.3 Å². The quantitative estimate of drug-likeness (QED) is 0.621. The fraction of sp³-hybridized carbons (Fsp3) is 0.308. The van der Waals surface area contributed by atoms with E-state index in [1.165, 1.54) is 6.08 Å². The summed E-state index contributed by atoms with van der Waals surface area (Å²) in [6, 6.07) is 5.47. The first-order valence-electron chi connectivity index (χ1n) is 5.46. The third-order valence-corrected chi connectivity index (χ3v) is 2.62. The monoisotopic (exact) mass is 314 g/mol. The lowest BCUT2D eigenvalue weighted by molar-refractivity contribution is -0.131. The molecule has 0 aromatic heterocycles. The van der Waals surface area contributed by atoms with Gasteiger partial charge >= 0.3 is 5.97 Å². The second-order valence-corrected chi connectivity index (χ2v) is 4.46. The van der Waals surface area contributed by atoms with E-state index in [9.17, 15) is 4.79 Å². The van der Waals surface area contributed by atoms with Gasteiger partial charge in [-0.3, -0.25) is 0 Å². The van der Waals surface area contributed by atoms with Crippen molar-refractivity contribution >= 4 is 28.0 Å². The molecule has 0 aliphatic carbocycles. The Morgan fingerprint density at radius 1 is 1.44 bits per heavy atom. The largest absolute Gasteiger partial charge is 0.493 e. The van der Waals surface area contributed by atoms with Gasteiger partial charge in [0.15, 0.2) is 0 Å². The molecule has 0 amide bonds. The molecule has 0 bridgehead atoms. The minimum atomic E-state index is -0.986. The molecule has 1 aromatic carbocycles. The van der Waals surface area contributed by atoms with Crippen LogP contribution in [0.1, 0.15) is 12.0 Å². The number of rotatable bonds is 7. The van der Waals surface area contributed by atoms with E-state index >= 15 is 0 Å². The molecule has 98 valence electrons. The number of hydrogen-bond donors (Lipinski definition) is 1. The maximum Gasteiger partial charge on any atom is 0.328 e. The molecule has 1 aromatic rings. The normalized spacial score (nSPS) is 10.8. The molecular weight excluding hydrogens is 300 g/mol. The van der Waals surface area contributed by atoms with Crippen LogP contribution >= 0.6 is 15.9 Å². The molecule has 18 heavy (non-hydrogen) atoms. The molecule has 0 aliphatic rings. The van der Waals surface area contributed by atoms with Crippen LogP contribution in [0.4, 0.5) is 0 Å². The summed E-state index contributed by atoms with van der Waals surface area (Å²) in [6.07, 6.45) is 3.39. The average molecular weight is 315 g/mol. The second kappa shape index (κ2) is 7.89. The number of carboxylic acid groups (broad SMARTS) is 1. The average Bonchev–Trinajstić information content (AvgIpc) is 2.34. The SMILES string of the molecule is COCCCOc1ccc(Br)cc1/C=C/C(=O)O. The van der Waals surface area contributed by atoms with Gasteiger partial charge in [0, 0.05) is 36.2 Å². The van der Waals surface area contributed by atoms with Gasteiger partial charge in [-0.25, -0.2) is 4.79 Å². The van der Waals surface area contributed by atoms with E-state index < -0.39 is 5.97 Å². The van der Waals surface area contributed by atoms with Crippen molar-refractivity contribution < 1.29 is 19.4 Å². The van der Waals surface area contributed by atoms with E-state index in [0.29, 0.717) is 19.0 Å². The molecule has 0 spiro atoms. The Morgan fingerprint density at radius 3 is 2.89 bits per heavy atom. The Kier molecular flexibility index (Phi) is 6.46. The smallest absolute Gasteiger partial charge is 0.328 e. The van der Waals surface area contributed by atoms with Crippen molar-refractivity contribution in [2.75, 3.05) is 20.3 Å². The molecule has 0 atom stereocenters. The molecular formula is C13H15BrO4. The number of halogens is 1. The first kappa shape index (κ1) is 14.7. The minimum Gasteiger partial charge on any atom is -0.493 e. The van der Waals surface area contributed by atoms with Crippen molar-refractivity contribution in [1.29, 1.82) is 0 Å². The van der Waals surface area contributed by atoms with Gasteiger partial charge in [-0.2, -0.15) is 0 Å². The van der Waals surface area contributed by atoms with Gasteiger partial charge in [0.1, 0.15) is 5.75 Å². The van der Waals surface area contributed by atoms with Crippen molar-refractivity contribution in [2.24, 2.45) is 0 Å². The van der Waals surface area contributed by atoms with Crippen LogP contribution in [0.3, 0.4) is 0 Å². The lowest BCUT2D eigenvalue weighted by atomic mass is 10.2. The van der Waals surface area contributed by atoms with Gasteiger partial charge in [0.25, 0.3) is 0 Å². The summed E-state index contributed by atoms with van der Waals surface area (Å²) in [6.45, 7) is 1.17. The molecule has 4 nitrogen and oxygen atoms in total. The van der Waals surface area contributed by atoms with Crippen molar-refractivity contribution in [1.82, 2.24) is 0 Å². The molecule has 0 saturated heterocycles. The Bertz CT molecular complexity index is 429. The van der Waals surface area contributed by atoms with Crippen LogP contribution in [0.2, 0.25) is 0 Å². The standard InChI is InChI=1S/C13H15BrO4/c1-17-7-2-8-18-12-5-4-11(14)9-10(12)3-6-13(15)16/h3-6,9H,2,7-8H2,1H3,(H,15,16)/b6-3+. The molecule has 0 radical (unpaired) electrons. The fourth-order valence-electron chi connectivity index (χ4n) is 1.33. The van der Waals surface area contributed by atoms with E-state index in [1.807, 2.05) is 12.1 Å². The number of carboxylic acids is 1. The molecule has 1 rings (SSSR count). The fourth-order valence-corrected chi connectivity index (χ4v) is 1.71. The summed E-state index contributed by atoms with van der Waals surface area (Å²) in [7, 11) is 1.64. The minimum absolute atomic E-state index is 0.531. The highest BCUT2D eigenvalue weighted by atomic mass is 79.9. The van der Waals surface area contributed by atoms with Gasteiger partial charge < -0.3 is 14.6 Å². The maximum absolute atomic E-state index is 10.5. The van der Waals surface area contributed by atoms with Crippen molar-refractivity contribution in [2.45, 2.75) is 6.42 Å². The Labute approximate surface area is 114 Å². The van der Waals surface area contributed by atoms with Gasteiger partial charge in [0.2, 0.25) is 0 Å².